The van der Waals surface area contributed by atoms with Crippen LogP contribution >= 0.6 is 11.3 Å². The number of carbonyl (C=O) groups is 2. The summed E-state index contributed by atoms with van der Waals surface area (Å²) >= 11 is 1.25. The van der Waals surface area contributed by atoms with Crippen LogP contribution in [0.25, 0.3) is 0 Å². The van der Waals surface area contributed by atoms with Crippen molar-refractivity contribution in [3.63, 3.8) is 0 Å². The number of rotatable bonds is 6. The van der Waals surface area contributed by atoms with Crippen molar-refractivity contribution < 1.29 is 14.0 Å². The molecule has 4 rings (SSSR count). The van der Waals surface area contributed by atoms with Crippen LogP contribution in [0.4, 0.5) is 15.8 Å². The third-order valence-electron chi connectivity index (χ3n) is 5.01. The number of nitrogens with zero attached hydrogens (tertiary/aromatic N) is 4. The average Bonchev–Trinajstić information content (AvgIpc) is 3.25. The molecule has 0 spiro atoms. The van der Waals surface area contributed by atoms with Gasteiger partial charge in [0, 0.05) is 43.1 Å². The summed E-state index contributed by atoms with van der Waals surface area (Å²) in [6.45, 7) is 3.98. The number of carbonyl (C=O) groups excluding carboxylic acids is 2. The Morgan fingerprint density at radius 1 is 1.00 bits per heavy atom. The van der Waals surface area contributed by atoms with E-state index in [0.29, 0.717) is 17.8 Å². The molecular formula is C21H21FN6O2S. The van der Waals surface area contributed by atoms with E-state index in [4.69, 9.17) is 5.73 Å². The molecule has 160 valence electrons. The van der Waals surface area contributed by atoms with Gasteiger partial charge in [0.25, 0.3) is 5.91 Å². The summed E-state index contributed by atoms with van der Waals surface area (Å²) in [5, 5.41) is 11.9. The molecule has 2 amide bonds. The molecule has 1 aliphatic rings. The Kier molecular flexibility index (Phi) is 6.19. The van der Waals surface area contributed by atoms with Crippen molar-refractivity contribution in [1.82, 2.24) is 15.1 Å². The molecule has 0 bridgehead atoms. The largest absolute Gasteiger partial charge is 0.369 e. The lowest BCUT2D eigenvalue weighted by Crippen LogP contribution is -2.45. The maximum absolute atomic E-state index is 13.0. The molecule has 1 fully saturated rings. The number of anilines is 2. The van der Waals surface area contributed by atoms with Crippen molar-refractivity contribution in [2.45, 2.75) is 6.54 Å². The predicted molar refractivity (Wildman–Crippen MR) is 117 cm³/mol. The molecule has 0 atom stereocenters. The summed E-state index contributed by atoms with van der Waals surface area (Å²) in [5.74, 6) is -1.15. The van der Waals surface area contributed by atoms with E-state index in [1.54, 1.807) is 12.1 Å². The monoisotopic (exact) mass is 440 g/mol. The summed E-state index contributed by atoms with van der Waals surface area (Å²) in [7, 11) is 0. The zero-order valence-corrected chi connectivity index (χ0v) is 17.4. The number of piperazine rings is 1. The molecule has 0 radical (unpaired) electrons. The summed E-state index contributed by atoms with van der Waals surface area (Å²) < 4.78 is 13.0. The second kappa shape index (κ2) is 9.19. The Morgan fingerprint density at radius 3 is 2.32 bits per heavy atom. The molecule has 31 heavy (non-hydrogen) atoms. The van der Waals surface area contributed by atoms with Crippen LogP contribution in [-0.2, 0) is 6.54 Å². The minimum absolute atomic E-state index is 0.271. The molecule has 2 aromatic carbocycles. The van der Waals surface area contributed by atoms with Gasteiger partial charge in [0.15, 0.2) is 0 Å². The van der Waals surface area contributed by atoms with Crippen LogP contribution in [0.1, 0.15) is 25.2 Å². The van der Waals surface area contributed by atoms with Gasteiger partial charge >= 0.3 is 0 Å². The van der Waals surface area contributed by atoms with E-state index in [0.717, 1.165) is 36.9 Å². The maximum atomic E-state index is 13.0. The van der Waals surface area contributed by atoms with Gasteiger partial charge in [0.2, 0.25) is 10.9 Å². The number of aromatic nitrogens is 2. The van der Waals surface area contributed by atoms with Crippen LogP contribution < -0.4 is 16.0 Å². The number of benzene rings is 2. The SMILES string of the molecule is NC(=O)c1ccc(N2CCN(Cc3nnc(C(=O)Nc4ccc(F)cc4)s3)CC2)cc1. The first-order chi connectivity index (χ1) is 15.0. The molecule has 3 aromatic rings. The number of nitrogens with two attached hydrogens (primary N) is 1. The van der Waals surface area contributed by atoms with Gasteiger partial charge in [-0.2, -0.15) is 0 Å². The van der Waals surface area contributed by atoms with Gasteiger partial charge < -0.3 is 16.0 Å². The predicted octanol–water partition coefficient (Wildman–Crippen LogP) is 2.35. The van der Waals surface area contributed by atoms with Crippen LogP contribution in [0.3, 0.4) is 0 Å². The molecule has 0 saturated carbocycles. The van der Waals surface area contributed by atoms with Gasteiger partial charge in [0.05, 0.1) is 6.54 Å². The van der Waals surface area contributed by atoms with E-state index in [2.05, 4.69) is 25.3 Å². The molecule has 1 aliphatic heterocycles. The molecule has 8 nitrogen and oxygen atoms in total. The van der Waals surface area contributed by atoms with Gasteiger partial charge in [-0.05, 0) is 48.5 Å². The lowest BCUT2D eigenvalue weighted by Gasteiger charge is -2.35. The van der Waals surface area contributed by atoms with Crippen molar-refractivity contribution in [3.05, 3.63) is 69.9 Å². The second-order valence-electron chi connectivity index (χ2n) is 7.14. The van der Waals surface area contributed by atoms with E-state index >= 15 is 0 Å². The highest BCUT2D eigenvalue weighted by molar-refractivity contribution is 7.13. The van der Waals surface area contributed by atoms with Crippen molar-refractivity contribution in [3.8, 4) is 0 Å². The average molecular weight is 441 g/mol. The van der Waals surface area contributed by atoms with Gasteiger partial charge in [-0.15, -0.1) is 10.2 Å². The van der Waals surface area contributed by atoms with Crippen LogP contribution in [0.2, 0.25) is 0 Å². The Hall–Kier alpha value is -3.37. The van der Waals surface area contributed by atoms with Gasteiger partial charge in [-0.25, -0.2) is 4.39 Å². The maximum Gasteiger partial charge on any atom is 0.286 e. The minimum Gasteiger partial charge on any atom is -0.369 e. The molecule has 10 heteroatoms. The van der Waals surface area contributed by atoms with E-state index < -0.39 is 5.91 Å². The van der Waals surface area contributed by atoms with E-state index in [-0.39, 0.29) is 16.7 Å². The van der Waals surface area contributed by atoms with Crippen LogP contribution in [0, 0.1) is 5.82 Å². The Balaban J connectivity index is 1.29. The summed E-state index contributed by atoms with van der Waals surface area (Å²) in [5.41, 5.74) is 7.35. The molecule has 0 unspecified atom stereocenters. The van der Waals surface area contributed by atoms with E-state index in [9.17, 15) is 14.0 Å². The van der Waals surface area contributed by atoms with Crippen LogP contribution in [0.15, 0.2) is 48.5 Å². The third kappa shape index (κ3) is 5.22. The van der Waals surface area contributed by atoms with Gasteiger partial charge in [0.1, 0.15) is 10.8 Å². The topological polar surface area (TPSA) is 104 Å². The van der Waals surface area contributed by atoms with Crippen LogP contribution in [-0.4, -0.2) is 53.1 Å². The Bertz CT molecular complexity index is 1060. The molecule has 0 aliphatic carbocycles. The number of primary amides is 1. The highest BCUT2D eigenvalue weighted by atomic mass is 32.1. The number of amides is 2. The number of nitrogens with one attached hydrogen (secondary N) is 1. The number of hydrogen-bond acceptors (Lipinski definition) is 7. The molecule has 2 heterocycles. The summed E-state index contributed by atoms with van der Waals surface area (Å²) in [6, 6.07) is 12.9. The number of hydrogen-bond donors (Lipinski definition) is 2. The first kappa shape index (κ1) is 20.9. The highest BCUT2D eigenvalue weighted by Gasteiger charge is 2.20. The minimum atomic E-state index is -0.431. The first-order valence-electron chi connectivity index (χ1n) is 9.74. The smallest absolute Gasteiger partial charge is 0.286 e. The zero-order chi connectivity index (χ0) is 21.8. The lowest BCUT2D eigenvalue weighted by atomic mass is 10.1. The molecule has 3 N–H and O–H groups in total. The Morgan fingerprint density at radius 2 is 1.68 bits per heavy atom. The second-order valence-corrected chi connectivity index (χ2v) is 8.20. The molecule has 1 aromatic heterocycles. The van der Waals surface area contributed by atoms with E-state index in [1.165, 1.54) is 35.6 Å². The highest BCUT2D eigenvalue weighted by Crippen LogP contribution is 2.20. The first-order valence-corrected chi connectivity index (χ1v) is 10.6. The molecule has 1 saturated heterocycles. The van der Waals surface area contributed by atoms with Crippen molar-refractivity contribution in [2.75, 3.05) is 36.4 Å². The van der Waals surface area contributed by atoms with Crippen molar-refractivity contribution in [1.29, 1.82) is 0 Å². The van der Waals surface area contributed by atoms with Crippen molar-refractivity contribution in [2.24, 2.45) is 5.73 Å². The lowest BCUT2D eigenvalue weighted by molar-refractivity contribution is 0.0997. The quantitative estimate of drug-likeness (QED) is 0.610. The normalized spacial score (nSPS) is 14.4. The number of halogens is 1. The van der Waals surface area contributed by atoms with Crippen molar-refractivity contribution >= 4 is 34.5 Å². The standard InChI is InChI=1S/C21H21FN6O2S/c22-15-3-5-16(6-4-15)24-20(30)21-26-25-18(31-21)13-27-9-11-28(12-10-27)17-7-1-14(2-8-17)19(23)29/h1-8H,9-13H2,(H2,23,29)(H,24,30). The summed E-state index contributed by atoms with van der Waals surface area (Å²) in [6.07, 6.45) is 0. The Labute approximate surface area is 182 Å². The fourth-order valence-electron chi connectivity index (χ4n) is 3.32. The fraction of sp³-hybridized carbons (Fsp3) is 0.238. The van der Waals surface area contributed by atoms with Gasteiger partial charge in [-0.3, -0.25) is 14.5 Å². The van der Waals surface area contributed by atoms with E-state index in [1.807, 2.05) is 12.1 Å². The summed E-state index contributed by atoms with van der Waals surface area (Å²) in [4.78, 5) is 28.0. The third-order valence-corrected chi connectivity index (χ3v) is 5.92. The molecular weight excluding hydrogens is 419 g/mol. The van der Waals surface area contributed by atoms with Gasteiger partial charge in [-0.1, -0.05) is 11.3 Å². The fourth-order valence-corrected chi connectivity index (χ4v) is 4.10. The zero-order valence-electron chi connectivity index (χ0n) is 16.6. The van der Waals surface area contributed by atoms with Crippen LogP contribution in [0.5, 0.6) is 0 Å².